The van der Waals surface area contributed by atoms with Gasteiger partial charge in [-0.15, -0.1) is 0 Å². The van der Waals surface area contributed by atoms with Crippen LogP contribution in [0.4, 0.5) is 5.82 Å². The van der Waals surface area contributed by atoms with Gasteiger partial charge in [-0.2, -0.15) is 10.2 Å². The first-order valence-corrected chi connectivity index (χ1v) is 12.9. The Hall–Kier alpha value is -4.20. The van der Waals surface area contributed by atoms with Crippen LogP contribution in [-0.2, 0) is 11.8 Å². The number of anilines is 1. The summed E-state index contributed by atoms with van der Waals surface area (Å²) in [6.45, 7) is 5.44. The molecule has 3 aliphatic rings. The first-order chi connectivity index (χ1) is 18.0. The van der Waals surface area contributed by atoms with E-state index in [0.717, 1.165) is 76.1 Å². The monoisotopic (exact) mass is 491 g/mol. The highest BCUT2D eigenvalue weighted by Gasteiger charge is 2.40. The van der Waals surface area contributed by atoms with Crippen LogP contribution >= 0.6 is 0 Å². The van der Waals surface area contributed by atoms with E-state index < -0.39 is 0 Å². The van der Waals surface area contributed by atoms with Crippen LogP contribution < -0.4 is 4.90 Å². The number of hydrogen-bond donors (Lipinski definition) is 0. The van der Waals surface area contributed by atoms with Crippen molar-refractivity contribution in [3.8, 4) is 16.9 Å². The van der Waals surface area contributed by atoms with Gasteiger partial charge < -0.3 is 9.80 Å². The minimum Gasteiger partial charge on any atom is -0.350 e. The topological polar surface area (TPSA) is 72.1 Å². The van der Waals surface area contributed by atoms with Crippen molar-refractivity contribution in [2.24, 2.45) is 7.05 Å². The Balaban J connectivity index is 1.29. The number of nitrogens with zero attached hydrogens (tertiary/aromatic N) is 7. The fraction of sp³-hybridized carbons (Fsp3) is 0.310. The van der Waals surface area contributed by atoms with Crippen molar-refractivity contribution in [1.29, 1.82) is 0 Å². The lowest BCUT2D eigenvalue weighted by atomic mass is 9.90. The Morgan fingerprint density at radius 2 is 1.78 bits per heavy atom. The summed E-state index contributed by atoms with van der Waals surface area (Å²) in [5, 5.41) is 11.9. The molecule has 2 bridgehead atoms. The van der Waals surface area contributed by atoms with Gasteiger partial charge >= 0.3 is 0 Å². The number of aryl methyl sites for hydroxylation is 2. The number of hydrogen-bond acceptors (Lipinski definition) is 5. The zero-order chi connectivity index (χ0) is 25.3. The lowest BCUT2D eigenvalue weighted by molar-refractivity contribution is -0.133. The first-order valence-electron chi connectivity index (χ1n) is 12.9. The highest BCUT2D eigenvalue weighted by Crippen LogP contribution is 2.36. The average molecular weight is 492 g/mol. The second kappa shape index (κ2) is 8.16. The van der Waals surface area contributed by atoms with Crippen LogP contribution in [0.1, 0.15) is 25.3 Å². The molecule has 8 heteroatoms. The molecule has 186 valence electrons. The number of benzene rings is 2. The van der Waals surface area contributed by atoms with Crippen molar-refractivity contribution in [3.05, 3.63) is 66.5 Å². The van der Waals surface area contributed by atoms with E-state index in [4.69, 9.17) is 10.1 Å². The molecular formula is C29H29N7O. The minimum atomic E-state index is 0.177. The Morgan fingerprint density at radius 3 is 2.54 bits per heavy atom. The number of piperazine rings is 1. The van der Waals surface area contributed by atoms with Crippen LogP contribution in [0.3, 0.4) is 0 Å². The summed E-state index contributed by atoms with van der Waals surface area (Å²) >= 11 is 0. The van der Waals surface area contributed by atoms with Gasteiger partial charge in [0.25, 0.3) is 0 Å². The zero-order valence-corrected chi connectivity index (χ0v) is 21.3. The SMILES string of the molecule is CC(=O)N1CC2CC[C@@H]1CN2c1ccc(-n2nc(-c3cccc4nn(C)cc34)c3cccc(C)c32)cn1. The third-order valence-electron chi connectivity index (χ3n) is 8.03. The molecule has 3 fully saturated rings. The molecule has 8 rings (SSSR count). The maximum Gasteiger partial charge on any atom is 0.219 e. The third kappa shape index (κ3) is 3.43. The van der Waals surface area contributed by atoms with E-state index in [2.05, 4.69) is 59.5 Å². The fourth-order valence-electron chi connectivity index (χ4n) is 6.26. The summed E-state index contributed by atoms with van der Waals surface area (Å²) in [5.74, 6) is 1.14. The quantitative estimate of drug-likeness (QED) is 0.372. The number of pyridine rings is 1. The van der Waals surface area contributed by atoms with E-state index in [1.54, 1.807) is 6.92 Å². The van der Waals surface area contributed by atoms with Crippen molar-refractivity contribution in [2.75, 3.05) is 18.0 Å². The normalized spacial score (nSPS) is 19.3. The van der Waals surface area contributed by atoms with Crippen LogP contribution in [0.5, 0.6) is 0 Å². The molecule has 3 aliphatic heterocycles. The van der Waals surface area contributed by atoms with Crippen LogP contribution in [0.15, 0.2) is 60.9 Å². The number of rotatable bonds is 3. The molecule has 1 amide bonds. The molecule has 0 saturated carbocycles. The van der Waals surface area contributed by atoms with Crippen LogP contribution in [0, 0.1) is 6.92 Å². The van der Waals surface area contributed by atoms with Gasteiger partial charge in [-0.25, -0.2) is 9.67 Å². The number of carbonyl (C=O) groups is 1. The average Bonchev–Trinajstić information content (AvgIpc) is 3.50. The molecule has 1 unspecified atom stereocenters. The summed E-state index contributed by atoms with van der Waals surface area (Å²) in [4.78, 5) is 21.3. The summed E-state index contributed by atoms with van der Waals surface area (Å²) in [6.07, 6.45) is 6.16. The second-order valence-corrected chi connectivity index (χ2v) is 10.4. The fourth-order valence-corrected chi connectivity index (χ4v) is 6.26. The van der Waals surface area contributed by atoms with Gasteiger partial charge in [-0.3, -0.25) is 9.48 Å². The number of fused-ring (bicyclic) bond motifs is 5. The summed E-state index contributed by atoms with van der Waals surface area (Å²) in [6, 6.07) is 17.4. The van der Waals surface area contributed by atoms with E-state index in [0.29, 0.717) is 6.04 Å². The lowest BCUT2D eigenvalue weighted by Gasteiger charge is -2.51. The van der Waals surface area contributed by atoms with Gasteiger partial charge in [-0.1, -0.05) is 30.3 Å². The Morgan fingerprint density at radius 1 is 0.946 bits per heavy atom. The summed E-state index contributed by atoms with van der Waals surface area (Å²) < 4.78 is 3.87. The number of para-hydroxylation sites is 1. The van der Waals surface area contributed by atoms with E-state index in [1.807, 2.05) is 39.6 Å². The Labute approximate surface area is 215 Å². The van der Waals surface area contributed by atoms with Crippen molar-refractivity contribution in [2.45, 2.75) is 38.8 Å². The van der Waals surface area contributed by atoms with Gasteiger partial charge in [0.2, 0.25) is 5.91 Å². The molecule has 0 aliphatic carbocycles. The van der Waals surface area contributed by atoms with Crippen LogP contribution in [-0.4, -0.2) is 60.5 Å². The van der Waals surface area contributed by atoms with Gasteiger partial charge in [0.05, 0.1) is 22.9 Å². The molecule has 0 radical (unpaired) electrons. The molecule has 37 heavy (non-hydrogen) atoms. The molecule has 2 atom stereocenters. The molecule has 0 spiro atoms. The van der Waals surface area contributed by atoms with E-state index >= 15 is 0 Å². The van der Waals surface area contributed by atoms with Crippen molar-refractivity contribution >= 4 is 33.5 Å². The Kier molecular flexibility index (Phi) is 4.86. The molecule has 0 N–H and O–H groups in total. The summed E-state index contributed by atoms with van der Waals surface area (Å²) in [5.41, 5.74) is 6.15. The van der Waals surface area contributed by atoms with Crippen LogP contribution in [0.25, 0.3) is 38.8 Å². The highest BCUT2D eigenvalue weighted by molar-refractivity contribution is 6.03. The third-order valence-corrected chi connectivity index (χ3v) is 8.03. The lowest BCUT2D eigenvalue weighted by Crippen LogP contribution is -2.64. The highest BCUT2D eigenvalue weighted by atomic mass is 16.2. The summed E-state index contributed by atoms with van der Waals surface area (Å²) in [7, 11) is 1.95. The Bertz CT molecular complexity index is 1670. The molecular weight excluding hydrogens is 462 g/mol. The van der Waals surface area contributed by atoms with Gasteiger partial charge in [0.15, 0.2) is 0 Å². The number of aromatic nitrogens is 5. The predicted molar refractivity (Wildman–Crippen MR) is 145 cm³/mol. The number of amides is 1. The maximum absolute atomic E-state index is 12.0. The van der Waals surface area contributed by atoms with Crippen molar-refractivity contribution in [3.63, 3.8) is 0 Å². The van der Waals surface area contributed by atoms with E-state index in [9.17, 15) is 4.79 Å². The largest absolute Gasteiger partial charge is 0.350 e. The van der Waals surface area contributed by atoms with E-state index in [1.165, 1.54) is 0 Å². The number of carbonyl (C=O) groups excluding carboxylic acids is 1. The van der Waals surface area contributed by atoms with Crippen molar-refractivity contribution < 1.29 is 4.79 Å². The van der Waals surface area contributed by atoms with E-state index in [-0.39, 0.29) is 11.9 Å². The standard InChI is InChI=1S/C29H29N7O/c1-18-6-4-8-24-28(23-7-5-9-26-25(23)17-33(3)31-26)32-36(29(18)24)20-12-13-27(30-14-20)35-16-21-10-11-22(35)15-34(21)19(2)37/h4-9,12-14,17,21-22H,10-11,15-16H2,1-3H3/t21-,22?/m1/s1. The maximum atomic E-state index is 12.0. The molecule has 3 aromatic heterocycles. The minimum absolute atomic E-state index is 0.177. The van der Waals surface area contributed by atoms with Gasteiger partial charge in [-0.05, 0) is 43.5 Å². The van der Waals surface area contributed by atoms with Crippen molar-refractivity contribution in [1.82, 2.24) is 29.4 Å². The zero-order valence-electron chi connectivity index (χ0n) is 21.3. The molecule has 6 heterocycles. The molecule has 8 nitrogen and oxygen atoms in total. The first kappa shape index (κ1) is 22.0. The molecule has 5 aromatic rings. The van der Waals surface area contributed by atoms with Gasteiger partial charge in [0.1, 0.15) is 11.5 Å². The molecule has 2 aromatic carbocycles. The predicted octanol–water partition coefficient (Wildman–Crippen LogP) is 4.48. The smallest absolute Gasteiger partial charge is 0.219 e. The molecule has 3 saturated heterocycles. The number of piperidine rings is 2. The second-order valence-electron chi connectivity index (χ2n) is 10.4. The van der Waals surface area contributed by atoms with Gasteiger partial charge in [0, 0.05) is 61.7 Å². The van der Waals surface area contributed by atoms with Crippen LogP contribution in [0.2, 0.25) is 0 Å².